The maximum absolute atomic E-state index is 8.42. The van der Waals surface area contributed by atoms with Gasteiger partial charge >= 0.3 is 0 Å². The highest BCUT2D eigenvalue weighted by Gasteiger charge is 1.91. The van der Waals surface area contributed by atoms with Gasteiger partial charge in [-0.1, -0.05) is 35.2 Å². The van der Waals surface area contributed by atoms with Crippen LogP contribution in [-0.2, 0) is 0 Å². The summed E-state index contributed by atoms with van der Waals surface area (Å²) in [6, 6.07) is 11.5. The van der Waals surface area contributed by atoms with Crippen LogP contribution in [-0.4, -0.2) is 16.4 Å². The van der Waals surface area contributed by atoms with Gasteiger partial charge in [0, 0.05) is 29.1 Å². The van der Waals surface area contributed by atoms with E-state index in [2.05, 4.69) is 22.0 Å². The van der Waals surface area contributed by atoms with E-state index in [1.807, 2.05) is 36.4 Å². The third kappa shape index (κ3) is 3.18. The molecule has 82 valence electrons. The summed E-state index contributed by atoms with van der Waals surface area (Å²) in [5, 5.41) is 11.4. The molecule has 0 aliphatic carbocycles. The highest BCUT2D eigenvalue weighted by Crippen LogP contribution is 2.00. The van der Waals surface area contributed by atoms with Crippen LogP contribution < -0.4 is 0 Å². The first kappa shape index (κ1) is 10.9. The molecule has 0 unspecified atom stereocenters. The average molecular weight is 222 g/mol. The Hall–Kier alpha value is -2.60. The molecule has 0 aliphatic rings. The van der Waals surface area contributed by atoms with E-state index in [9.17, 15) is 0 Å². The number of rotatable bonds is 1. The van der Waals surface area contributed by atoms with Crippen molar-refractivity contribution in [1.29, 1.82) is 0 Å². The lowest BCUT2D eigenvalue weighted by Crippen LogP contribution is -1.85. The van der Waals surface area contributed by atoms with Gasteiger partial charge < -0.3 is 5.21 Å². The first-order valence-electron chi connectivity index (χ1n) is 5.08. The van der Waals surface area contributed by atoms with Gasteiger partial charge in [-0.2, -0.15) is 0 Å². The maximum Gasteiger partial charge on any atom is 0.0749 e. The van der Waals surface area contributed by atoms with Gasteiger partial charge in [-0.25, -0.2) is 0 Å². The Morgan fingerprint density at radius 1 is 1.06 bits per heavy atom. The lowest BCUT2D eigenvalue weighted by atomic mass is 10.2. The molecule has 1 N–H and O–H groups in total. The van der Waals surface area contributed by atoms with Crippen molar-refractivity contribution >= 4 is 6.21 Å². The van der Waals surface area contributed by atoms with E-state index >= 15 is 0 Å². The van der Waals surface area contributed by atoms with Crippen LogP contribution in [0, 0.1) is 11.8 Å². The lowest BCUT2D eigenvalue weighted by Gasteiger charge is -1.92. The van der Waals surface area contributed by atoms with E-state index < -0.39 is 0 Å². The first-order chi connectivity index (χ1) is 8.38. The molecule has 1 aromatic carbocycles. The second kappa shape index (κ2) is 5.47. The minimum Gasteiger partial charge on any atom is -0.411 e. The molecule has 3 nitrogen and oxygen atoms in total. The number of pyridine rings is 1. The van der Waals surface area contributed by atoms with E-state index in [-0.39, 0.29) is 0 Å². The van der Waals surface area contributed by atoms with Gasteiger partial charge in [0.05, 0.1) is 6.21 Å². The molecule has 2 rings (SSSR count). The lowest BCUT2D eigenvalue weighted by molar-refractivity contribution is 0.322. The van der Waals surface area contributed by atoms with Crippen LogP contribution >= 0.6 is 0 Å². The number of oxime groups is 1. The van der Waals surface area contributed by atoms with Gasteiger partial charge in [0.2, 0.25) is 0 Å². The molecule has 0 spiro atoms. The highest BCUT2D eigenvalue weighted by atomic mass is 16.4. The van der Waals surface area contributed by atoms with Crippen LogP contribution in [0.1, 0.15) is 16.7 Å². The number of nitrogens with zero attached hydrogens (tertiary/aromatic N) is 2. The molecular weight excluding hydrogens is 212 g/mol. The summed E-state index contributed by atoms with van der Waals surface area (Å²) in [4.78, 5) is 4.01. The van der Waals surface area contributed by atoms with Gasteiger partial charge in [0.1, 0.15) is 0 Å². The van der Waals surface area contributed by atoms with Crippen molar-refractivity contribution in [2.45, 2.75) is 0 Å². The van der Waals surface area contributed by atoms with Crippen molar-refractivity contribution in [3.63, 3.8) is 0 Å². The van der Waals surface area contributed by atoms with Crippen LogP contribution in [0.15, 0.2) is 53.9 Å². The Morgan fingerprint density at radius 3 is 2.59 bits per heavy atom. The number of hydrogen-bond donors (Lipinski definition) is 1. The zero-order valence-electron chi connectivity index (χ0n) is 9.04. The fourth-order valence-electron chi connectivity index (χ4n) is 1.33. The standard InChI is InChI=1S/C14H10N2O/c17-16-11-14-8-13(9-15-10-14)7-6-12-4-2-1-3-5-12/h1-5,8-11,17H/b16-11+. The van der Waals surface area contributed by atoms with Crippen molar-refractivity contribution in [3.8, 4) is 11.8 Å². The van der Waals surface area contributed by atoms with Crippen molar-refractivity contribution in [2.24, 2.45) is 5.16 Å². The van der Waals surface area contributed by atoms with Crippen molar-refractivity contribution in [1.82, 2.24) is 4.98 Å². The summed E-state index contributed by atoms with van der Waals surface area (Å²) >= 11 is 0. The Bertz CT molecular complexity index is 580. The zero-order chi connectivity index (χ0) is 11.9. The summed E-state index contributed by atoms with van der Waals surface area (Å²) < 4.78 is 0. The summed E-state index contributed by atoms with van der Waals surface area (Å²) in [5.74, 6) is 6.04. The third-order valence-electron chi connectivity index (χ3n) is 2.09. The summed E-state index contributed by atoms with van der Waals surface area (Å²) in [6.07, 6.45) is 4.60. The second-order valence-corrected chi connectivity index (χ2v) is 3.37. The quantitative estimate of drug-likeness (QED) is 0.348. The largest absolute Gasteiger partial charge is 0.411 e. The van der Waals surface area contributed by atoms with Crippen LogP contribution in [0.2, 0.25) is 0 Å². The van der Waals surface area contributed by atoms with Gasteiger partial charge in [0.15, 0.2) is 0 Å². The monoisotopic (exact) mass is 222 g/mol. The summed E-state index contributed by atoms with van der Waals surface area (Å²) in [5.41, 5.74) is 2.45. The van der Waals surface area contributed by atoms with E-state index in [0.29, 0.717) is 5.56 Å². The summed E-state index contributed by atoms with van der Waals surface area (Å²) in [7, 11) is 0. The van der Waals surface area contributed by atoms with Gasteiger partial charge in [-0.05, 0) is 18.2 Å². The smallest absolute Gasteiger partial charge is 0.0749 e. The first-order valence-corrected chi connectivity index (χ1v) is 5.08. The van der Waals surface area contributed by atoms with Crippen molar-refractivity contribution in [2.75, 3.05) is 0 Å². The Labute approximate surface area is 99.4 Å². The topological polar surface area (TPSA) is 45.5 Å². The number of benzene rings is 1. The van der Waals surface area contributed by atoms with Crippen LogP contribution in [0.5, 0.6) is 0 Å². The fourth-order valence-corrected chi connectivity index (χ4v) is 1.33. The van der Waals surface area contributed by atoms with Gasteiger partial charge in [-0.15, -0.1) is 0 Å². The molecule has 0 radical (unpaired) electrons. The molecule has 0 bridgehead atoms. The Morgan fingerprint density at radius 2 is 1.82 bits per heavy atom. The molecule has 0 aliphatic heterocycles. The molecular formula is C14H10N2O. The normalized spacial score (nSPS) is 9.88. The second-order valence-electron chi connectivity index (χ2n) is 3.37. The van der Waals surface area contributed by atoms with E-state index in [4.69, 9.17) is 5.21 Å². The maximum atomic E-state index is 8.42. The minimum atomic E-state index is 0.715. The number of aromatic nitrogens is 1. The molecule has 0 amide bonds. The van der Waals surface area contributed by atoms with E-state index in [1.165, 1.54) is 6.21 Å². The van der Waals surface area contributed by atoms with E-state index in [1.54, 1.807) is 12.4 Å². The average Bonchev–Trinajstić information content (AvgIpc) is 2.39. The minimum absolute atomic E-state index is 0.715. The molecule has 1 aromatic heterocycles. The molecule has 3 heteroatoms. The molecule has 0 saturated heterocycles. The van der Waals surface area contributed by atoms with E-state index in [0.717, 1.165) is 11.1 Å². The van der Waals surface area contributed by atoms with Crippen LogP contribution in [0.4, 0.5) is 0 Å². The van der Waals surface area contributed by atoms with Gasteiger partial charge in [0.25, 0.3) is 0 Å². The molecule has 0 saturated carbocycles. The predicted octanol–water partition coefficient (Wildman–Crippen LogP) is 2.29. The third-order valence-corrected chi connectivity index (χ3v) is 2.09. The van der Waals surface area contributed by atoms with Crippen molar-refractivity contribution in [3.05, 3.63) is 65.5 Å². The Kier molecular flexibility index (Phi) is 3.51. The SMILES string of the molecule is O/N=C/c1cncc(C#Cc2ccccc2)c1. The van der Waals surface area contributed by atoms with Gasteiger partial charge in [-0.3, -0.25) is 4.98 Å². The van der Waals surface area contributed by atoms with Crippen molar-refractivity contribution < 1.29 is 5.21 Å². The highest BCUT2D eigenvalue weighted by molar-refractivity contribution is 5.79. The van der Waals surface area contributed by atoms with Crippen LogP contribution in [0.25, 0.3) is 0 Å². The molecule has 0 atom stereocenters. The predicted molar refractivity (Wildman–Crippen MR) is 66.0 cm³/mol. The summed E-state index contributed by atoms with van der Waals surface area (Å²) in [6.45, 7) is 0. The Balaban J connectivity index is 2.25. The molecule has 17 heavy (non-hydrogen) atoms. The zero-order valence-corrected chi connectivity index (χ0v) is 9.04. The fraction of sp³-hybridized carbons (Fsp3) is 0. The molecule has 0 fully saturated rings. The van der Waals surface area contributed by atoms with Crippen LogP contribution in [0.3, 0.4) is 0 Å². The number of hydrogen-bond acceptors (Lipinski definition) is 3. The molecule has 2 aromatic rings. The molecule has 1 heterocycles.